The fraction of sp³-hybridized carbons (Fsp3) is 0.900. The molecule has 0 aromatic heterocycles. The molecule has 2 aliphatic heterocycles. The number of hydrogen-bond acceptors (Lipinski definition) is 3. The zero-order valence-electron chi connectivity index (χ0n) is 8.82. The van der Waals surface area contributed by atoms with Crippen molar-refractivity contribution in [3.63, 3.8) is 0 Å². The van der Waals surface area contributed by atoms with Crippen LogP contribution in [0.5, 0.6) is 0 Å². The Kier molecular flexibility index (Phi) is 3.66. The Morgan fingerprint density at radius 2 is 2.36 bits per heavy atom. The normalized spacial score (nSPS) is 40.4. The molecule has 3 unspecified atom stereocenters. The van der Waals surface area contributed by atoms with Crippen LogP contribution < -0.4 is 5.32 Å². The van der Waals surface area contributed by atoms with Crippen LogP contribution in [0.4, 0.5) is 0 Å². The number of nitrogens with zero attached hydrogens (tertiary/aromatic N) is 1. The van der Waals surface area contributed by atoms with Gasteiger partial charge in [0.25, 0.3) is 0 Å². The molecule has 0 spiro atoms. The van der Waals surface area contributed by atoms with Gasteiger partial charge in [0, 0.05) is 16.5 Å². The summed E-state index contributed by atoms with van der Waals surface area (Å²) in [6.07, 6.45) is 2.74. The van der Waals surface area contributed by atoms with E-state index in [0.29, 0.717) is 11.3 Å². The molecule has 0 bridgehead atoms. The van der Waals surface area contributed by atoms with E-state index in [1.807, 2.05) is 11.8 Å². The van der Waals surface area contributed by atoms with Crippen LogP contribution in [0.25, 0.3) is 0 Å². The third-order valence-electron chi connectivity index (χ3n) is 2.82. The van der Waals surface area contributed by atoms with E-state index in [1.165, 1.54) is 18.6 Å². The molecule has 0 aromatic rings. The van der Waals surface area contributed by atoms with Crippen LogP contribution in [0, 0.1) is 0 Å². The first kappa shape index (κ1) is 10.7. The highest BCUT2D eigenvalue weighted by Crippen LogP contribution is 2.27. The average Bonchev–Trinajstić information content (AvgIpc) is 2.74. The van der Waals surface area contributed by atoms with Crippen molar-refractivity contribution in [3.05, 3.63) is 0 Å². The SMILES string of the molecule is CC1NC(=NCC2CCCS2)SC1C. The molecule has 0 aromatic carbocycles. The van der Waals surface area contributed by atoms with Crippen LogP contribution in [0.2, 0.25) is 0 Å². The Labute approximate surface area is 94.7 Å². The molecule has 4 heteroatoms. The molecule has 2 nitrogen and oxygen atoms in total. The minimum atomic E-state index is 0.579. The smallest absolute Gasteiger partial charge is 0.157 e. The molecule has 2 saturated heterocycles. The van der Waals surface area contributed by atoms with Crippen LogP contribution in [0.3, 0.4) is 0 Å². The predicted octanol–water partition coefficient (Wildman–Crippen LogP) is 2.35. The van der Waals surface area contributed by atoms with Crippen LogP contribution in [-0.2, 0) is 0 Å². The second kappa shape index (κ2) is 4.79. The topological polar surface area (TPSA) is 24.4 Å². The minimum absolute atomic E-state index is 0.579. The molecule has 2 aliphatic rings. The largest absolute Gasteiger partial charge is 0.361 e. The predicted molar refractivity (Wildman–Crippen MR) is 67.4 cm³/mol. The second-order valence-corrected chi connectivity index (χ2v) is 6.81. The second-order valence-electron chi connectivity index (χ2n) is 4.04. The first-order valence-corrected chi connectivity index (χ1v) is 7.28. The van der Waals surface area contributed by atoms with Crippen molar-refractivity contribution in [2.45, 2.75) is 43.2 Å². The van der Waals surface area contributed by atoms with E-state index in [4.69, 9.17) is 0 Å². The van der Waals surface area contributed by atoms with E-state index >= 15 is 0 Å². The summed E-state index contributed by atoms with van der Waals surface area (Å²) in [5, 5.41) is 6.05. The van der Waals surface area contributed by atoms with Gasteiger partial charge in [0.05, 0.1) is 6.54 Å². The molecular formula is C10H18N2S2. The van der Waals surface area contributed by atoms with Crippen molar-refractivity contribution in [1.29, 1.82) is 0 Å². The number of thioether (sulfide) groups is 2. The van der Waals surface area contributed by atoms with Crippen LogP contribution in [0.1, 0.15) is 26.7 Å². The van der Waals surface area contributed by atoms with Gasteiger partial charge in [-0.05, 0) is 25.5 Å². The van der Waals surface area contributed by atoms with Gasteiger partial charge in [-0.3, -0.25) is 4.99 Å². The third-order valence-corrected chi connectivity index (χ3v) is 5.45. The molecule has 2 rings (SSSR count). The molecule has 0 aliphatic carbocycles. The van der Waals surface area contributed by atoms with Gasteiger partial charge >= 0.3 is 0 Å². The number of hydrogen-bond donors (Lipinski definition) is 1. The van der Waals surface area contributed by atoms with Crippen LogP contribution in [-0.4, -0.2) is 34.0 Å². The highest BCUT2D eigenvalue weighted by Gasteiger charge is 2.24. The lowest BCUT2D eigenvalue weighted by Gasteiger charge is -2.05. The molecule has 2 heterocycles. The number of aliphatic imine (C=N–C) groups is 1. The van der Waals surface area contributed by atoms with E-state index in [9.17, 15) is 0 Å². The molecule has 0 saturated carbocycles. The monoisotopic (exact) mass is 230 g/mol. The van der Waals surface area contributed by atoms with Gasteiger partial charge in [-0.25, -0.2) is 0 Å². The lowest BCUT2D eigenvalue weighted by Crippen LogP contribution is -2.27. The molecule has 2 fully saturated rings. The Morgan fingerprint density at radius 3 is 2.93 bits per heavy atom. The molecule has 3 atom stereocenters. The quantitative estimate of drug-likeness (QED) is 0.788. The summed E-state index contributed by atoms with van der Waals surface area (Å²) in [5.74, 6) is 1.34. The zero-order chi connectivity index (χ0) is 9.97. The van der Waals surface area contributed by atoms with Crippen LogP contribution in [0.15, 0.2) is 4.99 Å². The number of rotatable bonds is 2. The van der Waals surface area contributed by atoms with Crippen molar-refractivity contribution >= 4 is 28.7 Å². The zero-order valence-corrected chi connectivity index (χ0v) is 10.5. The number of amidine groups is 1. The van der Waals surface area contributed by atoms with Gasteiger partial charge in [-0.2, -0.15) is 11.8 Å². The van der Waals surface area contributed by atoms with E-state index in [1.54, 1.807) is 0 Å². The third kappa shape index (κ3) is 2.60. The summed E-state index contributed by atoms with van der Waals surface area (Å²) < 4.78 is 0. The molecule has 0 amide bonds. The summed E-state index contributed by atoms with van der Waals surface area (Å²) in [6.45, 7) is 5.50. The van der Waals surface area contributed by atoms with Gasteiger partial charge in [-0.15, -0.1) is 0 Å². The highest BCUT2D eigenvalue weighted by atomic mass is 32.2. The Balaban J connectivity index is 1.80. The van der Waals surface area contributed by atoms with Crippen molar-refractivity contribution in [3.8, 4) is 0 Å². The Hall–Kier alpha value is 0.170. The molecule has 14 heavy (non-hydrogen) atoms. The van der Waals surface area contributed by atoms with E-state index in [0.717, 1.165) is 17.0 Å². The van der Waals surface area contributed by atoms with E-state index in [-0.39, 0.29) is 0 Å². The van der Waals surface area contributed by atoms with Crippen molar-refractivity contribution < 1.29 is 0 Å². The molecular weight excluding hydrogens is 212 g/mol. The first-order chi connectivity index (χ1) is 6.75. The lowest BCUT2D eigenvalue weighted by atomic mass is 10.2. The maximum atomic E-state index is 4.65. The fourth-order valence-corrected chi connectivity index (χ4v) is 3.89. The van der Waals surface area contributed by atoms with Crippen molar-refractivity contribution in [2.75, 3.05) is 12.3 Å². The Morgan fingerprint density at radius 1 is 1.50 bits per heavy atom. The fourth-order valence-electron chi connectivity index (χ4n) is 1.68. The van der Waals surface area contributed by atoms with Gasteiger partial charge in [0.2, 0.25) is 0 Å². The molecule has 80 valence electrons. The van der Waals surface area contributed by atoms with Crippen LogP contribution >= 0.6 is 23.5 Å². The number of nitrogens with one attached hydrogen (secondary N) is 1. The maximum Gasteiger partial charge on any atom is 0.157 e. The van der Waals surface area contributed by atoms with Gasteiger partial charge in [0.15, 0.2) is 5.17 Å². The van der Waals surface area contributed by atoms with Gasteiger partial charge in [-0.1, -0.05) is 18.7 Å². The van der Waals surface area contributed by atoms with Crippen molar-refractivity contribution in [2.24, 2.45) is 4.99 Å². The summed E-state index contributed by atoms with van der Waals surface area (Å²) in [4.78, 5) is 4.65. The van der Waals surface area contributed by atoms with E-state index in [2.05, 4.69) is 35.9 Å². The van der Waals surface area contributed by atoms with Crippen molar-refractivity contribution in [1.82, 2.24) is 5.32 Å². The summed E-state index contributed by atoms with van der Waals surface area (Å²) in [6, 6.07) is 0.579. The van der Waals surface area contributed by atoms with Gasteiger partial charge in [0.1, 0.15) is 0 Å². The molecule has 1 N–H and O–H groups in total. The first-order valence-electron chi connectivity index (χ1n) is 5.35. The summed E-state index contributed by atoms with van der Waals surface area (Å²) in [7, 11) is 0. The van der Waals surface area contributed by atoms with E-state index < -0.39 is 0 Å². The Bertz CT molecular complexity index is 212. The lowest BCUT2D eigenvalue weighted by molar-refractivity contribution is 0.676. The summed E-state index contributed by atoms with van der Waals surface area (Å²) >= 11 is 3.97. The summed E-state index contributed by atoms with van der Waals surface area (Å²) in [5.41, 5.74) is 0. The highest BCUT2D eigenvalue weighted by molar-refractivity contribution is 8.14. The molecule has 0 radical (unpaired) electrons. The minimum Gasteiger partial charge on any atom is -0.361 e. The average molecular weight is 230 g/mol. The van der Waals surface area contributed by atoms with Gasteiger partial charge < -0.3 is 5.32 Å². The maximum absolute atomic E-state index is 4.65. The standard InChI is InChI=1S/C10H18N2S2/c1-7-8(2)14-10(12-7)11-6-9-4-3-5-13-9/h7-9H,3-6H2,1-2H3,(H,11,12).